The van der Waals surface area contributed by atoms with Gasteiger partial charge in [-0.15, -0.1) is 11.3 Å². The highest BCUT2D eigenvalue weighted by Crippen LogP contribution is 2.34. The molecule has 0 aliphatic rings. The molecule has 3 aromatic heterocycles. The third-order valence-corrected chi connectivity index (χ3v) is 5.71. The van der Waals surface area contributed by atoms with Crippen molar-refractivity contribution in [3.8, 4) is 21.6 Å². The summed E-state index contributed by atoms with van der Waals surface area (Å²) in [6.07, 6.45) is 5.62. The number of thiophene rings is 1. The molecule has 0 bridgehead atoms. The van der Waals surface area contributed by atoms with Gasteiger partial charge in [0.2, 0.25) is 10.0 Å². The molecule has 0 unspecified atom stereocenters. The highest BCUT2D eigenvalue weighted by atomic mass is 32.2. The fraction of sp³-hybridized carbons (Fsp3) is 0.0526. The van der Waals surface area contributed by atoms with E-state index in [1.807, 2.05) is 30.5 Å². The van der Waals surface area contributed by atoms with Crippen LogP contribution in [0.15, 0.2) is 54.9 Å². The highest BCUT2D eigenvalue weighted by molar-refractivity contribution is 7.92. The summed E-state index contributed by atoms with van der Waals surface area (Å²) in [5.74, 6) is 0. The molecule has 2 N–H and O–H groups in total. The molecule has 0 spiro atoms. The zero-order chi connectivity index (χ0) is 19.0. The molecule has 0 radical (unpaired) electrons. The van der Waals surface area contributed by atoms with Gasteiger partial charge in [-0.05, 0) is 35.9 Å². The molecule has 0 amide bonds. The van der Waals surface area contributed by atoms with Gasteiger partial charge in [-0.25, -0.2) is 13.4 Å². The first-order valence-corrected chi connectivity index (χ1v) is 10.7. The molecular weight excluding hydrogens is 382 g/mol. The number of carbonyl (C=O) groups is 1. The van der Waals surface area contributed by atoms with Crippen LogP contribution in [0.25, 0.3) is 32.6 Å². The molecule has 0 saturated heterocycles. The Labute approximate surface area is 159 Å². The number of benzene rings is 1. The number of H-pyrrole nitrogens is 1. The van der Waals surface area contributed by atoms with Gasteiger partial charge in [-0.3, -0.25) is 9.52 Å². The highest BCUT2D eigenvalue weighted by Gasteiger charge is 2.11. The van der Waals surface area contributed by atoms with Gasteiger partial charge < -0.3 is 4.98 Å². The van der Waals surface area contributed by atoms with Crippen LogP contribution in [-0.2, 0) is 10.0 Å². The van der Waals surface area contributed by atoms with Crippen molar-refractivity contribution in [3.63, 3.8) is 0 Å². The van der Waals surface area contributed by atoms with E-state index in [-0.39, 0.29) is 0 Å². The Morgan fingerprint density at radius 1 is 1.11 bits per heavy atom. The number of fused-ring (bicyclic) bond motifs is 1. The first kappa shape index (κ1) is 17.4. The molecule has 0 fully saturated rings. The number of hydrogen-bond acceptors (Lipinski definition) is 5. The molecule has 6 nitrogen and oxygen atoms in total. The van der Waals surface area contributed by atoms with Crippen LogP contribution in [0.3, 0.4) is 0 Å². The van der Waals surface area contributed by atoms with Crippen molar-refractivity contribution in [2.24, 2.45) is 0 Å². The van der Waals surface area contributed by atoms with E-state index in [1.54, 1.807) is 24.4 Å². The van der Waals surface area contributed by atoms with Gasteiger partial charge in [-0.2, -0.15) is 0 Å². The molecule has 27 heavy (non-hydrogen) atoms. The number of rotatable bonds is 5. The van der Waals surface area contributed by atoms with Gasteiger partial charge in [-0.1, -0.05) is 12.1 Å². The fourth-order valence-corrected chi connectivity index (χ4v) is 4.29. The van der Waals surface area contributed by atoms with Crippen LogP contribution in [0.1, 0.15) is 9.67 Å². The van der Waals surface area contributed by atoms with E-state index in [2.05, 4.69) is 14.7 Å². The maximum atomic E-state index is 11.3. The lowest BCUT2D eigenvalue weighted by Gasteiger charge is -2.06. The van der Waals surface area contributed by atoms with Crippen LogP contribution in [0.2, 0.25) is 0 Å². The Morgan fingerprint density at radius 2 is 1.89 bits per heavy atom. The fourth-order valence-electron chi connectivity index (χ4n) is 2.87. The smallest absolute Gasteiger partial charge is 0.229 e. The summed E-state index contributed by atoms with van der Waals surface area (Å²) in [6, 6.07) is 12.9. The predicted molar refractivity (Wildman–Crippen MR) is 109 cm³/mol. The average molecular weight is 397 g/mol. The van der Waals surface area contributed by atoms with Crippen molar-refractivity contribution >= 4 is 44.4 Å². The molecule has 0 saturated carbocycles. The summed E-state index contributed by atoms with van der Waals surface area (Å²) in [5, 5.41) is 0.963. The number of nitrogens with zero attached hydrogens (tertiary/aromatic N) is 1. The Kier molecular flexibility index (Phi) is 4.29. The van der Waals surface area contributed by atoms with Gasteiger partial charge in [0, 0.05) is 39.5 Å². The summed E-state index contributed by atoms with van der Waals surface area (Å²) < 4.78 is 25.1. The molecule has 136 valence electrons. The summed E-state index contributed by atoms with van der Waals surface area (Å²) in [5.41, 5.74) is 4.12. The number of sulfonamides is 1. The second-order valence-corrected chi connectivity index (χ2v) is 8.96. The van der Waals surface area contributed by atoms with Crippen molar-refractivity contribution in [3.05, 3.63) is 59.7 Å². The van der Waals surface area contributed by atoms with Gasteiger partial charge in [0.1, 0.15) is 5.65 Å². The maximum Gasteiger partial charge on any atom is 0.229 e. The molecule has 0 atom stereocenters. The first-order valence-electron chi connectivity index (χ1n) is 8.04. The lowest BCUT2D eigenvalue weighted by atomic mass is 10.0. The number of aromatic amines is 1. The zero-order valence-electron chi connectivity index (χ0n) is 14.3. The van der Waals surface area contributed by atoms with E-state index in [0.717, 1.165) is 45.1 Å². The third kappa shape index (κ3) is 3.62. The minimum Gasteiger partial charge on any atom is -0.345 e. The number of hydrogen-bond donors (Lipinski definition) is 2. The Hall–Kier alpha value is -2.97. The molecular formula is C19H15N3O3S2. The normalized spacial score (nSPS) is 11.6. The number of anilines is 1. The van der Waals surface area contributed by atoms with Crippen molar-refractivity contribution in [2.75, 3.05) is 11.0 Å². The van der Waals surface area contributed by atoms with E-state index in [4.69, 9.17) is 0 Å². The number of aromatic nitrogens is 2. The molecule has 0 aliphatic carbocycles. The molecule has 3 heterocycles. The van der Waals surface area contributed by atoms with Crippen LogP contribution >= 0.6 is 11.3 Å². The first-order chi connectivity index (χ1) is 12.9. The van der Waals surface area contributed by atoms with Crippen LogP contribution in [0, 0.1) is 0 Å². The van der Waals surface area contributed by atoms with Crippen LogP contribution < -0.4 is 4.72 Å². The summed E-state index contributed by atoms with van der Waals surface area (Å²) in [4.78, 5) is 20.3. The SMILES string of the molecule is CS(=O)(=O)Nc1ccc(-c2cnc3[nH]cc(-c4ccc(C=O)s4)c3c2)cc1. The molecule has 8 heteroatoms. The monoisotopic (exact) mass is 397 g/mol. The largest absolute Gasteiger partial charge is 0.345 e. The number of aldehydes is 1. The molecule has 1 aromatic carbocycles. The lowest BCUT2D eigenvalue weighted by Crippen LogP contribution is -2.09. The third-order valence-electron chi connectivity index (χ3n) is 4.06. The number of carbonyl (C=O) groups excluding carboxylic acids is 1. The van der Waals surface area contributed by atoms with Crippen molar-refractivity contribution < 1.29 is 13.2 Å². The topological polar surface area (TPSA) is 91.9 Å². The summed E-state index contributed by atoms with van der Waals surface area (Å²) in [7, 11) is -3.30. The lowest BCUT2D eigenvalue weighted by molar-refractivity contribution is 0.112. The van der Waals surface area contributed by atoms with E-state index in [1.165, 1.54) is 11.3 Å². The van der Waals surface area contributed by atoms with Gasteiger partial charge >= 0.3 is 0 Å². The second-order valence-electron chi connectivity index (χ2n) is 6.09. The van der Waals surface area contributed by atoms with Crippen LogP contribution in [0.5, 0.6) is 0 Å². The second kappa shape index (κ2) is 6.64. The van der Waals surface area contributed by atoms with Crippen molar-refractivity contribution in [1.82, 2.24) is 9.97 Å². The average Bonchev–Trinajstić information content (AvgIpc) is 3.26. The number of nitrogens with one attached hydrogen (secondary N) is 2. The van der Waals surface area contributed by atoms with E-state index < -0.39 is 10.0 Å². The van der Waals surface area contributed by atoms with Gasteiger partial charge in [0.15, 0.2) is 6.29 Å². The minimum absolute atomic E-state index is 0.512. The summed E-state index contributed by atoms with van der Waals surface area (Å²) >= 11 is 1.43. The van der Waals surface area contributed by atoms with E-state index in [9.17, 15) is 13.2 Å². The Morgan fingerprint density at radius 3 is 2.56 bits per heavy atom. The van der Waals surface area contributed by atoms with Crippen LogP contribution in [-0.4, -0.2) is 30.9 Å². The van der Waals surface area contributed by atoms with Gasteiger partial charge in [0.05, 0.1) is 11.1 Å². The standard InChI is InChI=1S/C19H15N3O3S2/c1-27(24,25)22-14-4-2-12(3-5-14)13-8-16-17(10-21-19(16)20-9-13)18-7-6-15(11-23)26-18/h2-11,22H,1H3,(H,20,21). The van der Waals surface area contributed by atoms with Crippen molar-refractivity contribution in [2.45, 2.75) is 0 Å². The number of pyridine rings is 1. The molecule has 4 aromatic rings. The Balaban J connectivity index is 1.72. The molecule has 4 rings (SSSR count). The zero-order valence-corrected chi connectivity index (χ0v) is 15.9. The van der Waals surface area contributed by atoms with Gasteiger partial charge in [0.25, 0.3) is 0 Å². The van der Waals surface area contributed by atoms with Crippen LogP contribution in [0.4, 0.5) is 5.69 Å². The van der Waals surface area contributed by atoms with E-state index >= 15 is 0 Å². The summed E-state index contributed by atoms with van der Waals surface area (Å²) in [6.45, 7) is 0. The molecule has 0 aliphatic heterocycles. The predicted octanol–water partition coefficient (Wildman–Crippen LogP) is 4.14. The minimum atomic E-state index is -3.30. The van der Waals surface area contributed by atoms with Crippen molar-refractivity contribution in [1.29, 1.82) is 0 Å². The Bertz CT molecular complexity index is 1240. The maximum absolute atomic E-state index is 11.3. The van der Waals surface area contributed by atoms with E-state index in [0.29, 0.717) is 10.6 Å². The quantitative estimate of drug-likeness (QED) is 0.495.